The second-order valence-electron chi connectivity index (χ2n) is 8.36. The fraction of sp³-hybridized carbons (Fsp3) is 0.440. The topological polar surface area (TPSA) is 114 Å². The van der Waals surface area contributed by atoms with E-state index in [9.17, 15) is 19.7 Å². The summed E-state index contributed by atoms with van der Waals surface area (Å²) in [5, 5.41) is 13.7. The van der Waals surface area contributed by atoms with Crippen molar-refractivity contribution in [3.63, 3.8) is 0 Å². The summed E-state index contributed by atoms with van der Waals surface area (Å²) in [6, 6.07) is 11.8. The highest BCUT2D eigenvalue weighted by Crippen LogP contribution is 2.29. The largest absolute Gasteiger partial charge is 0.497 e. The van der Waals surface area contributed by atoms with Gasteiger partial charge in [-0.05, 0) is 43.1 Å². The lowest BCUT2D eigenvalue weighted by atomic mass is 10.1. The standard InChI is InChI=1S/C25H32N4O6/c1-34-21-8-4-19(5-9-21)6-11-25(31)28-14-3-13-27(16-17-28)15-12-24(30)26-22-10-7-20(29(32)33)18-23(22)35-2/h4-5,7-10,18H,3,6,11-17H2,1-2H3,(H,26,30). The summed E-state index contributed by atoms with van der Waals surface area (Å²) in [7, 11) is 3.03. The van der Waals surface area contributed by atoms with Gasteiger partial charge < -0.3 is 24.6 Å². The van der Waals surface area contributed by atoms with Crippen molar-refractivity contribution in [2.45, 2.75) is 25.7 Å². The lowest BCUT2D eigenvalue weighted by Gasteiger charge is -2.22. The van der Waals surface area contributed by atoms with Crippen LogP contribution in [0.5, 0.6) is 11.5 Å². The van der Waals surface area contributed by atoms with E-state index in [1.54, 1.807) is 7.11 Å². The number of hydrogen-bond donors (Lipinski definition) is 1. The summed E-state index contributed by atoms with van der Waals surface area (Å²) < 4.78 is 10.3. The smallest absolute Gasteiger partial charge is 0.273 e. The zero-order valence-corrected chi connectivity index (χ0v) is 20.2. The van der Waals surface area contributed by atoms with Crippen LogP contribution in [0.15, 0.2) is 42.5 Å². The fourth-order valence-corrected chi connectivity index (χ4v) is 4.01. The van der Waals surface area contributed by atoms with Crippen LogP contribution in [0.25, 0.3) is 0 Å². The van der Waals surface area contributed by atoms with Crippen LogP contribution >= 0.6 is 0 Å². The minimum Gasteiger partial charge on any atom is -0.497 e. The summed E-state index contributed by atoms with van der Waals surface area (Å²) in [5.74, 6) is 0.985. The Kier molecular flexibility index (Phi) is 9.42. The molecule has 0 saturated carbocycles. The van der Waals surface area contributed by atoms with Gasteiger partial charge in [0.05, 0.1) is 30.9 Å². The maximum absolute atomic E-state index is 12.7. The molecule has 10 heteroatoms. The third-order valence-electron chi connectivity index (χ3n) is 6.05. The molecule has 1 aliphatic heterocycles. The number of ether oxygens (including phenoxy) is 2. The van der Waals surface area contributed by atoms with Crippen LogP contribution in [-0.2, 0) is 16.0 Å². The van der Waals surface area contributed by atoms with E-state index in [0.29, 0.717) is 44.7 Å². The first kappa shape index (κ1) is 26.0. The Bertz CT molecular complexity index is 1030. The monoisotopic (exact) mass is 484 g/mol. The van der Waals surface area contributed by atoms with Crippen molar-refractivity contribution in [2.75, 3.05) is 52.3 Å². The molecular weight excluding hydrogens is 452 g/mol. The molecule has 0 atom stereocenters. The normalized spacial score (nSPS) is 14.2. The van der Waals surface area contributed by atoms with Gasteiger partial charge in [-0.1, -0.05) is 12.1 Å². The highest BCUT2D eigenvalue weighted by Gasteiger charge is 2.20. The van der Waals surface area contributed by atoms with E-state index in [1.807, 2.05) is 29.2 Å². The Balaban J connectivity index is 1.42. The number of methoxy groups -OCH3 is 2. The number of carbonyl (C=O) groups is 2. The second kappa shape index (κ2) is 12.7. The van der Waals surface area contributed by atoms with Crippen LogP contribution in [0.1, 0.15) is 24.8 Å². The Morgan fingerprint density at radius 2 is 1.77 bits per heavy atom. The molecule has 1 saturated heterocycles. The number of nitro groups is 1. The molecule has 0 bridgehead atoms. The average molecular weight is 485 g/mol. The molecule has 3 rings (SSSR count). The lowest BCUT2D eigenvalue weighted by molar-refractivity contribution is -0.384. The molecule has 0 unspecified atom stereocenters. The van der Waals surface area contributed by atoms with Crippen LogP contribution in [0.3, 0.4) is 0 Å². The zero-order valence-electron chi connectivity index (χ0n) is 20.2. The predicted molar refractivity (Wildman–Crippen MR) is 132 cm³/mol. The first-order valence-corrected chi connectivity index (χ1v) is 11.6. The van der Waals surface area contributed by atoms with Crippen LogP contribution in [0.2, 0.25) is 0 Å². The number of hydrogen-bond acceptors (Lipinski definition) is 7. The SMILES string of the molecule is COc1ccc(CCC(=O)N2CCCN(CCC(=O)Nc3ccc([N+](=O)[O-])cc3OC)CC2)cc1. The molecule has 1 aliphatic rings. The molecule has 1 heterocycles. The first-order chi connectivity index (χ1) is 16.9. The quantitative estimate of drug-likeness (QED) is 0.407. The maximum atomic E-state index is 12.7. The minimum atomic E-state index is -0.513. The van der Waals surface area contributed by atoms with Gasteiger partial charge in [0.15, 0.2) is 0 Å². The van der Waals surface area contributed by atoms with Crippen molar-refractivity contribution in [3.8, 4) is 11.5 Å². The predicted octanol–water partition coefficient (Wildman–Crippen LogP) is 3.11. The molecule has 2 aromatic rings. The Hall–Kier alpha value is -3.66. The maximum Gasteiger partial charge on any atom is 0.273 e. The van der Waals surface area contributed by atoms with Gasteiger partial charge in [-0.15, -0.1) is 0 Å². The molecule has 10 nitrogen and oxygen atoms in total. The number of aryl methyl sites for hydroxylation is 1. The van der Waals surface area contributed by atoms with Crippen molar-refractivity contribution in [3.05, 3.63) is 58.1 Å². The first-order valence-electron chi connectivity index (χ1n) is 11.6. The number of anilines is 1. The van der Waals surface area contributed by atoms with Crippen molar-refractivity contribution in [2.24, 2.45) is 0 Å². The molecular formula is C25H32N4O6. The van der Waals surface area contributed by atoms with Gasteiger partial charge in [-0.3, -0.25) is 19.7 Å². The summed E-state index contributed by atoms with van der Waals surface area (Å²) in [6.45, 7) is 3.44. The van der Waals surface area contributed by atoms with Gasteiger partial charge in [0.2, 0.25) is 11.8 Å². The fourth-order valence-electron chi connectivity index (χ4n) is 4.01. The molecule has 1 N–H and O–H groups in total. The Morgan fingerprint density at radius 3 is 2.46 bits per heavy atom. The summed E-state index contributed by atoms with van der Waals surface area (Å²) in [6.07, 6.45) is 2.28. The molecule has 1 fully saturated rings. The molecule has 35 heavy (non-hydrogen) atoms. The van der Waals surface area contributed by atoms with Gasteiger partial charge in [0.1, 0.15) is 11.5 Å². The molecule has 188 valence electrons. The number of nitrogens with zero attached hydrogens (tertiary/aromatic N) is 3. The molecule has 2 amide bonds. The number of amides is 2. The number of nitro benzene ring substituents is 1. The van der Waals surface area contributed by atoms with Gasteiger partial charge in [-0.2, -0.15) is 0 Å². The van der Waals surface area contributed by atoms with E-state index in [2.05, 4.69) is 10.2 Å². The molecule has 0 spiro atoms. The molecule has 0 radical (unpaired) electrons. The van der Waals surface area contributed by atoms with Crippen molar-refractivity contribution in [1.29, 1.82) is 0 Å². The molecule has 2 aromatic carbocycles. The van der Waals surface area contributed by atoms with E-state index in [0.717, 1.165) is 24.3 Å². The highest BCUT2D eigenvalue weighted by molar-refractivity contribution is 5.92. The van der Waals surface area contributed by atoms with Gasteiger partial charge in [0, 0.05) is 45.1 Å². The van der Waals surface area contributed by atoms with Crippen molar-refractivity contribution >= 4 is 23.2 Å². The Morgan fingerprint density at radius 1 is 1.00 bits per heavy atom. The van der Waals surface area contributed by atoms with E-state index >= 15 is 0 Å². The van der Waals surface area contributed by atoms with E-state index in [-0.39, 0.29) is 29.7 Å². The van der Waals surface area contributed by atoms with E-state index < -0.39 is 4.92 Å². The van der Waals surface area contributed by atoms with Crippen LogP contribution in [-0.4, -0.2) is 73.5 Å². The number of rotatable bonds is 10. The third-order valence-corrected chi connectivity index (χ3v) is 6.05. The summed E-state index contributed by atoms with van der Waals surface area (Å²) in [4.78, 5) is 39.7. The summed E-state index contributed by atoms with van der Waals surface area (Å²) >= 11 is 0. The number of carbonyl (C=O) groups excluding carboxylic acids is 2. The third kappa shape index (κ3) is 7.68. The van der Waals surface area contributed by atoms with Crippen molar-refractivity contribution in [1.82, 2.24) is 9.80 Å². The van der Waals surface area contributed by atoms with Crippen LogP contribution < -0.4 is 14.8 Å². The lowest BCUT2D eigenvalue weighted by Crippen LogP contribution is -2.36. The number of nitrogens with one attached hydrogen (secondary N) is 1. The average Bonchev–Trinajstić information content (AvgIpc) is 3.12. The highest BCUT2D eigenvalue weighted by atomic mass is 16.6. The second-order valence-corrected chi connectivity index (χ2v) is 8.36. The molecule has 0 aliphatic carbocycles. The van der Waals surface area contributed by atoms with Gasteiger partial charge in [-0.25, -0.2) is 0 Å². The van der Waals surface area contributed by atoms with Gasteiger partial charge in [0.25, 0.3) is 5.69 Å². The van der Waals surface area contributed by atoms with Gasteiger partial charge >= 0.3 is 0 Å². The zero-order chi connectivity index (χ0) is 25.2. The van der Waals surface area contributed by atoms with Crippen molar-refractivity contribution < 1.29 is 24.0 Å². The minimum absolute atomic E-state index is 0.104. The Labute approximate surface area is 204 Å². The number of non-ortho nitro benzene ring substituents is 1. The number of benzene rings is 2. The van der Waals surface area contributed by atoms with E-state index in [1.165, 1.54) is 25.3 Å². The van der Waals surface area contributed by atoms with E-state index in [4.69, 9.17) is 9.47 Å². The van der Waals surface area contributed by atoms with Crippen LogP contribution in [0, 0.1) is 10.1 Å². The summed E-state index contributed by atoms with van der Waals surface area (Å²) in [5.41, 5.74) is 1.39. The molecule has 0 aromatic heterocycles. The van der Waals surface area contributed by atoms with Crippen LogP contribution in [0.4, 0.5) is 11.4 Å².